The van der Waals surface area contributed by atoms with Gasteiger partial charge in [-0.3, -0.25) is 46.4 Å². The van der Waals surface area contributed by atoms with Gasteiger partial charge in [0.2, 0.25) is 23.6 Å². The van der Waals surface area contributed by atoms with Gasteiger partial charge >= 0.3 is 26.6 Å². The number of phosphoric ester groups is 1. The highest BCUT2D eigenvalue weighted by Gasteiger charge is 2.55. The maximum atomic E-state index is 17.1. The number of halogens is 2. The monoisotopic (exact) mass is 1500 g/mol. The smallest absolute Gasteiger partial charge is 0.472 e. The molecule has 10 N–H and O–H groups in total. The second-order valence-electron chi connectivity index (χ2n) is 26.9. The van der Waals surface area contributed by atoms with Crippen LogP contribution in [-0.4, -0.2) is 153 Å². The van der Waals surface area contributed by atoms with E-state index in [1.807, 2.05) is 0 Å². The van der Waals surface area contributed by atoms with Crippen molar-refractivity contribution >= 4 is 89.6 Å². The molecule has 3 unspecified atom stereocenters. The molecule has 5 aromatic rings. The number of hydrogen-bond acceptors (Lipinski definition) is 23. The molecule has 0 bridgehead atoms. The first-order valence-electron chi connectivity index (χ1n) is 36.4. The Bertz CT molecular complexity index is 3610. The molecule has 572 valence electrons. The number of rotatable bonds is 42. The third-order valence-corrected chi connectivity index (χ3v) is 23.1. The van der Waals surface area contributed by atoms with Gasteiger partial charge in [0.15, 0.2) is 47.4 Å². The van der Waals surface area contributed by atoms with Crippen LogP contribution in [0.4, 0.5) is 25.1 Å². The number of urea groups is 1. The summed E-state index contributed by atoms with van der Waals surface area (Å²) in [7, 11) is -5.30. The second kappa shape index (κ2) is 41.4. The van der Waals surface area contributed by atoms with E-state index in [0.29, 0.717) is 29.8 Å². The summed E-state index contributed by atoms with van der Waals surface area (Å²) in [5.41, 5.74) is 12.0. The second-order valence-corrected chi connectivity index (χ2v) is 32.4. The van der Waals surface area contributed by atoms with E-state index in [1.165, 1.54) is 102 Å². The molecule has 0 spiro atoms. The molecule has 3 aliphatic rings. The first-order valence-corrected chi connectivity index (χ1v) is 41.0. The maximum Gasteiger partial charge on any atom is 0.472 e. The summed E-state index contributed by atoms with van der Waals surface area (Å²) in [5.74, 6) is -3.37. The molecule has 35 heteroatoms. The van der Waals surface area contributed by atoms with Crippen LogP contribution >= 0.6 is 26.0 Å². The minimum Gasteiger partial charge on any atom is -0.492 e. The molecule has 3 aliphatic heterocycles. The standard InChI is InChI=1S/C68H104F2N14O16P2S/c1-5-7-9-11-13-15-17-19-21-23-25-28-47(96-52(86)30-26-24-22-20-18-16-14-12-10-8-6-2)36-51(85)82-55(44(3)4)65(89)81-48(29-27-35-73-68(72)90)63(87)80-46-33-31-45(32-34-46)39-103-102(93)95-38-50-58(53(69)66(98-50)83-42-78-56-60(71)74-40-75-61(56)83)99-101(91,92)94-37-49-59(100-102)54(70)67(97-49)84-43-79-57-62(84)76-41-77-64(57)88/h31-34,40-44,47-50,53-55,58-59,66-67H,5-30,35-39H2,1-4H3,(H,80,87)(H,81,89)(H,82,85)(H,91,92)(H2,71,74,75)(H3,72,73,90)(H,76,77,88)/t47?,48-,49+,50+,53+,54+,55-,58+,59+,66+,67+,102?/m0/s1. The molecule has 3 fully saturated rings. The third-order valence-electron chi connectivity index (χ3n) is 18.4. The number of primary amides is 1. The largest absolute Gasteiger partial charge is 0.492 e. The summed E-state index contributed by atoms with van der Waals surface area (Å²) in [4.78, 5) is 103. The first-order chi connectivity index (χ1) is 49.6. The van der Waals surface area contributed by atoms with E-state index in [2.05, 4.69) is 65.0 Å². The predicted octanol–water partition coefficient (Wildman–Crippen LogP) is 12.1. The van der Waals surface area contributed by atoms with Crippen LogP contribution in [0.25, 0.3) is 22.3 Å². The lowest BCUT2D eigenvalue weighted by molar-refractivity contribution is -0.151. The Morgan fingerprint density at radius 1 is 0.670 bits per heavy atom. The van der Waals surface area contributed by atoms with E-state index in [1.54, 1.807) is 26.0 Å². The van der Waals surface area contributed by atoms with Crippen molar-refractivity contribution in [2.75, 3.05) is 30.8 Å². The number of esters is 1. The number of unbranched alkanes of at least 4 members (excludes halogenated alkanes) is 20. The van der Waals surface area contributed by atoms with E-state index in [4.69, 9.17) is 43.8 Å². The molecule has 7 heterocycles. The number of benzene rings is 1. The minimum atomic E-state index is -5.30. The van der Waals surface area contributed by atoms with E-state index < -0.39 is 131 Å². The van der Waals surface area contributed by atoms with Gasteiger partial charge in [-0.1, -0.05) is 168 Å². The number of ether oxygens (including phenoxy) is 3. The molecule has 1 aromatic carbocycles. The molecule has 8 rings (SSSR count). The van der Waals surface area contributed by atoms with Gasteiger partial charge in [-0.2, -0.15) is 4.98 Å². The molecule has 5 amide bonds. The summed E-state index contributed by atoms with van der Waals surface area (Å²) < 4.78 is 106. The summed E-state index contributed by atoms with van der Waals surface area (Å²) in [6, 6.07) is 3.06. The molecule has 3 saturated heterocycles. The number of carbonyl (C=O) groups is 5. The quantitative estimate of drug-likeness (QED) is 0.0102. The number of phosphoric acid groups is 1. The summed E-state index contributed by atoms with van der Waals surface area (Å²) in [6.07, 6.45) is 14.5. The van der Waals surface area contributed by atoms with Crippen molar-refractivity contribution in [2.45, 2.75) is 274 Å². The molecule has 30 nitrogen and oxygen atoms in total. The van der Waals surface area contributed by atoms with Gasteiger partial charge < -0.3 is 56.9 Å². The lowest BCUT2D eigenvalue weighted by atomic mass is 10.0. The van der Waals surface area contributed by atoms with Gasteiger partial charge in [-0.25, -0.2) is 47.6 Å². The van der Waals surface area contributed by atoms with Crippen molar-refractivity contribution < 1.29 is 84.2 Å². The zero-order valence-electron chi connectivity index (χ0n) is 59.4. The number of hydrogen-bond donors (Lipinski definition) is 8. The average Bonchev–Trinajstić information content (AvgIpc) is 1.62. The number of nitrogen functional groups attached to an aromatic ring is 1. The number of amides is 5. The zero-order chi connectivity index (χ0) is 73.9. The molecule has 0 aliphatic carbocycles. The Balaban J connectivity index is 0.920. The van der Waals surface area contributed by atoms with Crippen LogP contribution < -0.4 is 32.7 Å². The topological polar surface area (TPSA) is 412 Å². The third kappa shape index (κ3) is 25.0. The highest BCUT2D eigenvalue weighted by Crippen LogP contribution is 2.65. The van der Waals surface area contributed by atoms with Gasteiger partial charge in [0.05, 0.1) is 32.3 Å². The van der Waals surface area contributed by atoms with Crippen LogP contribution in [0.1, 0.15) is 219 Å². The van der Waals surface area contributed by atoms with Crippen molar-refractivity contribution in [3.05, 3.63) is 55.1 Å². The number of carbonyl (C=O) groups excluding carboxylic acids is 5. The summed E-state index contributed by atoms with van der Waals surface area (Å²) >= 11 is 0.579. The SMILES string of the molecule is CCCCCCCCCCCCCC(=O)OC(CCCCCCCCCCCCC)CC(=O)N[C@H](C(=O)N[C@@H](CCCNC(N)=O)C(=O)Nc1ccc(CSP2(=O)OC[C@H]3O[C@@H](n4cnc5c(N)ncnc54)[C@H](F)[C@@H]3OP(=O)(O)OC[C@H]3O[C@@H](n4cnc5c(O)ncnc54)[C@H](F)[C@@H]3O2)cc1)C(C)C. The van der Waals surface area contributed by atoms with Crippen LogP contribution in [0.2, 0.25) is 0 Å². The van der Waals surface area contributed by atoms with Gasteiger partial charge in [0, 0.05) is 24.4 Å². The minimum absolute atomic E-state index is 0.0162. The Morgan fingerprint density at radius 3 is 1.79 bits per heavy atom. The van der Waals surface area contributed by atoms with E-state index in [0.717, 1.165) is 79.4 Å². The number of aromatic nitrogens is 8. The van der Waals surface area contributed by atoms with Crippen LogP contribution in [0.5, 0.6) is 5.88 Å². The van der Waals surface area contributed by atoms with Crippen molar-refractivity contribution in [3.63, 3.8) is 0 Å². The van der Waals surface area contributed by atoms with E-state index >= 15 is 13.3 Å². The highest BCUT2D eigenvalue weighted by molar-refractivity contribution is 8.54. The van der Waals surface area contributed by atoms with Crippen molar-refractivity contribution in [2.24, 2.45) is 11.7 Å². The molecule has 13 atom stereocenters. The highest BCUT2D eigenvalue weighted by atomic mass is 32.7. The van der Waals surface area contributed by atoms with E-state index in [9.17, 15) is 38.5 Å². The van der Waals surface area contributed by atoms with Gasteiger partial charge in [-0.15, -0.1) is 0 Å². The molecular weight excluding hydrogens is 1400 g/mol. The fourth-order valence-corrected chi connectivity index (χ4v) is 17.0. The number of alkyl halides is 2. The number of nitrogens with zero attached hydrogens (tertiary/aromatic N) is 8. The Labute approximate surface area is 603 Å². The van der Waals surface area contributed by atoms with Gasteiger partial charge in [0.25, 0.3) is 0 Å². The first kappa shape index (κ1) is 82.1. The predicted molar refractivity (Wildman–Crippen MR) is 382 cm³/mol. The number of nitrogens with two attached hydrogens (primary N) is 2. The van der Waals surface area contributed by atoms with Crippen molar-refractivity contribution in [1.29, 1.82) is 0 Å². The Hall–Kier alpha value is -6.54. The van der Waals surface area contributed by atoms with E-state index in [-0.39, 0.29) is 77.8 Å². The van der Waals surface area contributed by atoms with Gasteiger partial charge in [-0.05, 0) is 67.1 Å². The molecule has 0 saturated carbocycles. The molecule has 0 radical (unpaired) electrons. The van der Waals surface area contributed by atoms with Gasteiger partial charge in [0.1, 0.15) is 60.8 Å². The Kier molecular flexibility index (Phi) is 33.0. The lowest BCUT2D eigenvalue weighted by Gasteiger charge is -2.29. The van der Waals surface area contributed by atoms with Crippen LogP contribution in [0.15, 0.2) is 49.6 Å². The molecule has 103 heavy (non-hydrogen) atoms. The number of nitrogens with one attached hydrogen (secondary N) is 4. The number of imidazole rings is 2. The Morgan fingerprint density at radius 2 is 1.20 bits per heavy atom. The van der Waals surface area contributed by atoms with Crippen LogP contribution in [0.3, 0.4) is 0 Å². The fraction of sp³-hybridized carbons (Fsp3) is 0.691. The normalized spacial score (nSPS) is 23.8. The number of fused-ring (bicyclic) bond motifs is 4. The zero-order valence-corrected chi connectivity index (χ0v) is 62.0. The van der Waals surface area contributed by atoms with Crippen molar-refractivity contribution in [3.8, 4) is 5.88 Å². The summed E-state index contributed by atoms with van der Waals surface area (Å²) in [6.45, 7) is 1.44. The van der Waals surface area contributed by atoms with Crippen LogP contribution in [0, 0.1) is 5.92 Å². The molecule has 4 aromatic heterocycles. The van der Waals surface area contributed by atoms with Crippen molar-refractivity contribution in [1.82, 2.24) is 55.0 Å². The maximum absolute atomic E-state index is 17.1. The van der Waals surface area contributed by atoms with Crippen LogP contribution in [-0.2, 0) is 66.4 Å². The number of aromatic hydroxyl groups is 1. The molecular formula is C68H104F2N14O16P2S. The fourth-order valence-electron chi connectivity index (χ4n) is 12.7. The average molecular weight is 1510 g/mol. The summed E-state index contributed by atoms with van der Waals surface area (Å²) in [5, 5.41) is 21.3. The number of anilines is 2. The lowest BCUT2D eigenvalue weighted by Crippen LogP contribution is -2.55.